The van der Waals surface area contributed by atoms with Gasteiger partial charge in [-0.25, -0.2) is 24.0 Å². The van der Waals surface area contributed by atoms with Crippen LogP contribution in [-0.4, -0.2) is 45.1 Å². The highest BCUT2D eigenvalue weighted by Gasteiger charge is 2.36. The van der Waals surface area contributed by atoms with Crippen LogP contribution in [-0.2, 0) is 37.0 Å². The van der Waals surface area contributed by atoms with Gasteiger partial charge in [0.1, 0.15) is 6.04 Å². The molecule has 0 unspecified atom stereocenters. The number of aryl methyl sites for hydroxylation is 2. The number of carbonyl (C=O) groups excluding carboxylic acids is 4. The third-order valence-electron chi connectivity index (χ3n) is 4.51. The lowest BCUT2D eigenvalue weighted by Crippen LogP contribution is -2.50. The molecule has 1 amide bonds. The number of hydrogen-bond donors (Lipinski definition) is 1. The maximum Gasteiger partial charge on any atom is 0.519 e. The molecular formula is C22H27NO13S2. The molecule has 2 heterocycles. The Bertz CT molecular complexity index is 1270. The number of rotatable bonds is 11. The molecule has 0 fully saturated rings. The van der Waals surface area contributed by atoms with Crippen molar-refractivity contribution in [1.82, 2.24) is 5.32 Å². The standard InChI is InChI=1S/C22H27NO13S2/c1-10(2)32-16(24)13(9-37-20(28)30-7-14-11(3)33-18(26)35-14)23-17(25)22(5,6)38-21(29)31-8-15-12(4)34-19(27)36-15/h10,13H,7-9H2,1-6H3,(H,23,25)/t13-/m0/s1. The zero-order chi connectivity index (χ0) is 28.6. The molecule has 2 rings (SSSR count). The Balaban J connectivity index is 1.95. The van der Waals surface area contributed by atoms with Crippen molar-refractivity contribution >= 4 is 46.0 Å². The molecule has 14 nitrogen and oxygen atoms in total. The molecule has 0 aliphatic rings. The van der Waals surface area contributed by atoms with E-state index >= 15 is 0 Å². The zero-order valence-electron chi connectivity index (χ0n) is 21.4. The number of amides is 1. The van der Waals surface area contributed by atoms with E-state index in [-0.39, 0.29) is 42.0 Å². The van der Waals surface area contributed by atoms with Gasteiger partial charge in [-0.2, -0.15) is 0 Å². The molecule has 0 aromatic carbocycles. The maximum absolute atomic E-state index is 12.9. The van der Waals surface area contributed by atoms with Gasteiger partial charge in [0.15, 0.2) is 36.3 Å². The van der Waals surface area contributed by atoms with Gasteiger partial charge < -0.3 is 37.2 Å². The quantitative estimate of drug-likeness (QED) is 0.302. The van der Waals surface area contributed by atoms with Crippen molar-refractivity contribution in [3.8, 4) is 0 Å². The molecule has 1 atom stereocenters. The molecule has 0 radical (unpaired) electrons. The summed E-state index contributed by atoms with van der Waals surface area (Å²) in [4.78, 5) is 72.1. The van der Waals surface area contributed by atoms with Gasteiger partial charge in [0.25, 0.3) is 0 Å². The van der Waals surface area contributed by atoms with E-state index < -0.39 is 51.0 Å². The number of carbonyl (C=O) groups is 4. The second-order valence-electron chi connectivity index (χ2n) is 8.38. The molecule has 0 aliphatic heterocycles. The first kappa shape index (κ1) is 30.8. The van der Waals surface area contributed by atoms with Crippen LogP contribution in [0.25, 0.3) is 0 Å². The van der Waals surface area contributed by atoms with E-state index in [0.717, 1.165) is 0 Å². The number of hydrogen-bond acceptors (Lipinski definition) is 15. The molecule has 0 saturated carbocycles. The number of nitrogens with one attached hydrogen (secondary N) is 1. The van der Waals surface area contributed by atoms with Gasteiger partial charge in [-0.3, -0.25) is 4.79 Å². The van der Waals surface area contributed by atoms with Crippen molar-refractivity contribution in [3.05, 3.63) is 44.3 Å². The Morgan fingerprint density at radius 3 is 1.82 bits per heavy atom. The van der Waals surface area contributed by atoms with E-state index in [1.54, 1.807) is 13.8 Å². The van der Waals surface area contributed by atoms with Gasteiger partial charge in [0.05, 0.1) is 10.9 Å². The molecule has 2 aromatic rings. The molecule has 1 N–H and O–H groups in total. The first-order chi connectivity index (χ1) is 17.7. The fourth-order valence-corrected chi connectivity index (χ4v) is 3.90. The summed E-state index contributed by atoms with van der Waals surface area (Å²) in [5.41, 5.74) is 0. The topological polar surface area (TPSA) is 195 Å². The van der Waals surface area contributed by atoms with E-state index in [0.29, 0.717) is 23.5 Å². The Kier molecular flexibility index (Phi) is 10.9. The van der Waals surface area contributed by atoms with Crippen LogP contribution in [0.1, 0.15) is 50.7 Å². The van der Waals surface area contributed by atoms with Gasteiger partial charge in [-0.15, -0.1) is 0 Å². The molecule has 16 heteroatoms. The van der Waals surface area contributed by atoms with Crippen LogP contribution < -0.4 is 17.0 Å². The Morgan fingerprint density at radius 1 is 0.868 bits per heavy atom. The van der Waals surface area contributed by atoms with Gasteiger partial charge >= 0.3 is 28.2 Å². The SMILES string of the molecule is Cc1oc(=O)oc1COC(=O)SC[C@H](NC(=O)C(C)(C)SC(=O)OCc1oc(=O)oc1C)C(=O)OC(C)C. The van der Waals surface area contributed by atoms with Crippen LogP contribution in [0.2, 0.25) is 0 Å². The van der Waals surface area contributed by atoms with Crippen molar-refractivity contribution in [2.24, 2.45) is 0 Å². The summed E-state index contributed by atoms with van der Waals surface area (Å²) in [6.07, 6.45) is -0.505. The van der Waals surface area contributed by atoms with E-state index in [2.05, 4.69) is 14.2 Å². The van der Waals surface area contributed by atoms with Crippen molar-refractivity contribution in [2.45, 2.75) is 71.6 Å². The van der Waals surface area contributed by atoms with Crippen LogP contribution in [0.15, 0.2) is 27.3 Å². The summed E-state index contributed by atoms with van der Waals surface area (Å²) < 4.78 is 32.6. The summed E-state index contributed by atoms with van der Waals surface area (Å²) >= 11 is 1.10. The molecular weight excluding hydrogens is 550 g/mol. The van der Waals surface area contributed by atoms with Crippen molar-refractivity contribution in [3.63, 3.8) is 0 Å². The first-order valence-corrected chi connectivity index (χ1v) is 12.8. The smallest absolute Gasteiger partial charge is 0.461 e. The average molecular weight is 578 g/mol. The third-order valence-corrected chi connectivity index (χ3v) is 6.34. The summed E-state index contributed by atoms with van der Waals surface area (Å²) in [5.74, 6) is -3.30. The van der Waals surface area contributed by atoms with E-state index in [1.807, 2.05) is 0 Å². The summed E-state index contributed by atoms with van der Waals surface area (Å²) in [7, 11) is 0. The zero-order valence-corrected chi connectivity index (χ0v) is 23.0. The Labute approximate surface area is 224 Å². The minimum absolute atomic E-state index is 0.0247. The third kappa shape index (κ3) is 9.48. The predicted octanol–water partition coefficient (Wildman–Crippen LogP) is 3.05. The molecule has 2 aromatic heterocycles. The fourth-order valence-electron chi connectivity index (χ4n) is 2.55. The lowest BCUT2D eigenvalue weighted by Gasteiger charge is -2.25. The van der Waals surface area contributed by atoms with Crippen LogP contribution >= 0.6 is 23.5 Å². The average Bonchev–Trinajstić information content (AvgIpc) is 3.30. The molecule has 0 saturated heterocycles. The predicted molar refractivity (Wildman–Crippen MR) is 132 cm³/mol. The summed E-state index contributed by atoms with van der Waals surface area (Å²) in [6, 6.07) is -1.27. The molecule has 0 aliphatic carbocycles. The van der Waals surface area contributed by atoms with Crippen molar-refractivity contribution in [1.29, 1.82) is 0 Å². The highest BCUT2D eigenvalue weighted by Crippen LogP contribution is 2.27. The second-order valence-corrected chi connectivity index (χ2v) is 10.9. The monoisotopic (exact) mass is 577 g/mol. The highest BCUT2D eigenvalue weighted by atomic mass is 32.2. The maximum atomic E-state index is 12.9. The van der Waals surface area contributed by atoms with Crippen LogP contribution in [0.5, 0.6) is 0 Å². The van der Waals surface area contributed by atoms with E-state index in [9.17, 15) is 28.8 Å². The number of ether oxygens (including phenoxy) is 3. The van der Waals surface area contributed by atoms with Gasteiger partial charge in [-0.1, -0.05) is 0 Å². The van der Waals surface area contributed by atoms with Crippen molar-refractivity contribution < 1.29 is 51.1 Å². The van der Waals surface area contributed by atoms with Gasteiger partial charge in [-0.05, 0) is 65.1 Å². The Hall–Kier alpha value is -3.40. The molecule has 210 valence electrons. The lowest BCUT2D eigenvalue weighted by atomic mass is 10.2. The number of thioether (sulfide) groups is 2. The van der Waals surface area contributed by atoms with Crippen LogP contribution in [0, 0.1) is 13.8 Å². The van der Waals surface area contributed by atoms with Crippen LogP contribution in [0.4, 0.5) is 9.59 Å². The van der Waals surface area contributed by atoms with Crippen molar-refractivity contribution in [2.75, 3.05) is 5.75 Å². The minimum Gasteiger partial charge on any atom is -0.461 e. The normalized spacial score (nSPS) is 12.2. The van der Waals surface area contributed by atoms with E-state index in [1.165, 1.54) is 27.7 Å². The van der Waals surface area contributed by atoms with Gasteiger partial charge in [0, 0.05) is 5.75 Å². The van der Waals surface area contributed by atoms with E-state index in [4.69, 9.17) is 23.0 Å². The largest absolute Gasteiger partial charge is 0.519 e. The fraction of sp³-hybridized carbons (Fsp3) is 0.545. The molecule has 0 spiro atoms. The minimum atomic E-state index is -1.42. The van der Waals surface area contributed by atoms with Gasteiger partial charge in [0.2, 0.25) is 5.91 Å². The first-order valence-electron chi connectivity index (χ1n) is 11.0. The Morgan fingerprint density at radius 2 is 1.37 bits per heavy atom. The van der Waals surface area contributed by atoms with Crippen LogP contribution in [0.3, 0.4) is 0 Å². The summed E-state index contributed by atoms with van der Waals surface area (Å²) in [6.45, 7) is 8.22. The molecule has 38 heavy (non-hydrogen) atoms. The highest BCUT2D eigenvalue weighted by molar-refractivity contribution is 8.15. The number of esters is 1. The second kappa shape index (κ2) is 13.4. The lowest BCUT2D eigenvalue weighted by molar-refractivity contribution is -0.150. The summed E-state index contributed by atoms with van der Waals surface area (Å²) in [5, 5.41) is 0.806. The molecule has 0 bridgehead atoms.